The number of likely N-dealkylation sites (tertiary alicyclic amines) is 1. The first-order valence-electron chi connectivity index (χ1n) is 11.4. The standard InChI is InChI=1S/C25H32N4O2S/c1-16(2)23(20-10-9-17(3)13-18(20)4)27-25(30)19-7-5-11-29(14-19)15-22-26-24(28-31-22)21-8-6-12-32-21/h6,8-10,12-13,16,19,23H,5,7,11,14-15H2,1-4H3,(H,27,30). The van der Waals surface area contributed by atoms with E-state index in [-0.39, 0.29) is 17.9 Å². The van der Waals surface area contributed by atoms with Gasteiger partial charge in [0.05, 0.1) is 23.4 Å². The summed E-state index contributed by atoms with van der Waals surface area (Å²) in [6.45, 7) is 10.8. The van der Waals surface area contributed by atoms with Gasteiger partial charge in [0, 0.05) is 6.54 Å². The number of amides is 1. The first-order valence-corrected chi connectivity index (χ1v) is 12.2. The summed E-state index contributed by atoms with van der Waals surface area (Å²) >= 11 is 1.60. The third-order valence-corrected chi connectivity index (χ3v) is 7.04. The molecule has 1 aliphatic heterocycles. The van der Waals surface area contributed by atoms with Gasteiger partial charge < -0.3 is 9.84 Å². The molecule has 0 spiro atoms. The van der Waals surface area contributed by atoms with Crippen LogP contribution in [0.2, 0.25) is 0 Å². The largest absolute Gasteiger partial charge is 0.349 e. The van der Waals surface area contributed by atoms with Crippen LogP contribution in [0.3, 0.4) is 0 Å². The second kappa shape index (κ2) is 9.96. The van der Waals surface area contributed by atoms with E-state index in [0.717, 1.165) is 24.3 Å². The Balaban J connectivity index is 1.39. The van der Waals surface area contributed by atoms with Crippen molar-refractivity contribution in [1.29, 1.82) is 0 Å². The number of carbonyl (C=O) groups excluding carboxylic acids is 1. The highest BCUT2D eigenvalue weighted by Gasteiger charge is 2.29. The molecule has 0 bridgehead atoms. The molecular weight excluding hydrogens is 420 g/mol. The van der Waals surface area contributed by atoms with Crippen LogP contribution in [0.5, 0.6) is 0 Å². The number of aryl methyl sites for hydroxylation is 2. The van der Waals surface area contributed by atoms with Crippen LogP contribution in [0.25, 0.3) is 10.7 Å². The number of rotatable bonds is 7. The molecule has 1 aliphatic rings. The number of thiophene rings is 1. The molecule has 1 N–H and O–H groups in total. The Morgan fingerprint density at radius 2 is 2.16 bits per heavy atom. The van der Waals surface area contributed by atoms with E-state index in [1.165, 1.54) is 16.7 Å². The Hall–Kier alpha value is -2.51. The molecular formula is C25H32N4O2S. The fourth-order valence-electron chi connectivity index (χ4n) is 4.48. The van der Waals surface area contributed by atoms with Crippen molar-refractivity contribution in [3.63, 3.8) is 0 Å². The van der Waals surface area contributed by atoms with E-state index < -0.39 is 0 Å². The Labute approximate surface area is 194 Å². The number of nitrogens with one attached hydrogen (secondary N) is 1. The number of nitrogens with zero attached hydrogens (tertiary/aromatic N) is 3. The molecule has 4 rings (SSSR count). The lowest BCUT2D eigenvalue weighted by atomic mass is 9.90. The summed E-state index contributed by atoms with van der Waals surface area (Å²) in [5.74, 6) is 1.65. The van der Waals surface area contributed by atoms with Crippen LogP contribution in [0.15, 0.2) is 40.2 Å². The van der Waals surface area contributed by atoms with E-state index in [2.05, 4.69) is 66.3 Å². The Morgan fingerprint density at radius 1 is 1.31 bits per heavy atom. The van der Waals surface area contributed by atoms with E-state index >= 15 is 0 Å². The van der Waals surface area contributed by atoms with Crippen LogP contribution in [-0.4, -0.2) is 34.0 Å². The highest BCUT2D eigenvalue weighted by atomic mass is 32.1. The van der Waals surface area contributed by atoms with Gasteiger partial charge in [-0.3, -0.25) is 9.69 Å². The van der Waals surface area contributed by atoms with Gasteiger partial charge in [0.2, 0.25) is 17.6 Å². The van der Waals surface area contributed by atoms with Crippen LogP contribution in [0, 0.1) is 25.7 Å². The molecule has 1 fully saturated rings. The highest BCUT2D eigenvalue weighted by Crippen LogP contribution is 2.28. The third-order valence-electron chi connectivity index (χ3n) is 6.17. The zero-order chi connectivity index (χ0) is 22.7. The van der Waals surface area contributed by atoms with Crippen LogP contribution in [0.4, 0.5) is 0 Å². The molecule has 1 saturated heterocycles. The number of piperidine rings is 1. The lowest BCUT2D eigenvalue weighted by Crippen LogP contribution is -2.44. The summed E-state index contributed by atoms with van der Waals surface area (Å²) in [6, 6.07) is 10.5. The van der Waals surface area contributed by atoms with Crippen molar-refractivity contribution in [2.45, 2.75) is 53.1 Å². The van der Waals surface area contributed by atoms with Crippen molar-refractivity contribution in [2.75, 3.05) is 13.1 Å². The van der Waals surface area contributed by atoms with E-state index in [9.17, 15) is 4.79 Å². The first kappa shape index (κ1) is 22.7. The summed E-state index contributed by atoms with van der Waals surface area (Å²) in [5.41, 5.74) is 3.68. The molecule has 3 heterocycles. The minimum Gasteiger partial charge on any atom is -0.349 e. The van der Waals surface area contributed by atoms with E-state index in [4.69, 9.17) is 4.52 Å². The SMILES string of the molecule is Cc1ccc(C(NC(=O)C2CCCN(Cc3nc(-c4cccs4)no3)C2)C(C)C)c(C)c1. The summed E-state index contributed by atoms with van der Waals surface area (Å²) in [4.78, 5) is 21.0. The maximum Gasteiger partial charge on any atom is 0.241 e. The van der Waals surface area contributed by atoms with Crippen molar-refractivity contribution >= 4 is 17.2 Å². The van der Waals surface area contributed by atoms with Crippen LogP contribution >= 0.6 is 11.3 Å². The van der Waals surface area contributed by atoms with Crippen molar-refractivity contribution in [2.24, 2.45) is 11.8 Å². The average molecular weight is 453 g/mol. The Bertz CT molecular complexity index is 1040. The quantitative estimate of drug-likeness (QED) is 0.537. The van der Waals surface area contributed by atoms with Crippen molar-refractivity contribution < 1.29 is 9.32 Å². The fourth-order valence-corrected chi connectivity index (χ4v) is 5.13. The predicted molar refractivity (Wildman–Crippen MR) is 127 cm³/mol. The van der Waals surface area contributed by atoms with Crippen LogP contribution < -0.4 is 5.32 Å². The minimum atomic E-state index is -0.0320. The smallest absolute Gasteiger partial charge is 0.241 e. The zero-order valence-electron chi connectivity index (χ0n) is 19.3. The molecule has 1 amide bonds. The number of hydrogen-bond acceptors (Lipinski definition) is 6. The summed E-state index contributed by atoms with van der Waals surface area (Å²) in [6.07, 6.45) is 1.89. The number of benzene rings is 1. The van der Waals surface area contributed by atoms with Gasteiger partial charge in [-0.2, -0.15) is 4.98 Å². The van der Waals surface area contributed by atoms with Gasteiger partial charge in [0.1, 0.15) is 0 Å². The normalized spacial score (nSPS) is 18.1. The lowest BCUT2D eigenvalue weighted by molar-refractivity contribution is -0.128. The molecule has 2 aromatic heterocycles. The maximum atomic E-state index is 13.2. The van der Waals surface area contributed by atoms with Gasteiger partial charge in [-0.25, -0.2) is 0 Å². The number of carbonyl (C=O) groups is 1. The van der Waals surface area contributed by atoms with Gasteiger partial charge in [-0.05, 0) is 61.7 Å². The lowest BCUT2D eigenvalue weighted by Gasteiger charge is -2.33. The summed E-state index contributed by atoms with van der Waals surface area (Å²) in [7, 11) is 0. The number of aromatic nitrogens is 2. The Kier molecular flexibility index (Phi) is 7.06. The number of hydrogen-bond donors (Lipinski definition) is 1. The molecule has 0 saturated carbocycles. The Morgan fingerprint density at radius 3 is 2.88 bits per heavy atom. The molecule has 170 valence electrons. The van der Waals surface area contributed by atoms with Gasteiger partial charge >= 0.3 is 0 Å². The fraction of sp³-hybridized carbons (Fsp3) is 0.480. The molecule has 2 atom stereocenters. The van der Waals surface area contributed by atoms with Gasteiger partial charge in [-0.1, -0.05) is 48.8 Å². The monoisotopic (exact) mass is 452 g/mol. The van der Waals surface area contributed by atoms with Crippen molar-refractivity contribution in [3.05, 3.63) is 58.3 Å². The van der Waals surface area contributed by atoms with Crippen LogP contribution in [0.1, 0.15) is 55.3 Å². The van der Waals surface area contributed by atoms with Gasteiger partial charge in [0.15, 0.2) is 0 Å². The molecule has 0 aliphatic carbocycles. The van der Waals surface area contributed by atoms with Crippen LogP contribution in [-0.2, 0) is 11.3 Å². The van der Waals surface area contributed by atoms with Gasteiger partial charge in [-0.15, -0.1) is 11.3 Å². The topological polar surface area (TPSA) is 71.3 Å². The molecule has 7 heteroatoms. The minimum absolute atomic E-state index is 0.0165. The van der Waals surface area contributed by atoms with Gasteiger partial charge in [0.25, 0.3) is 0 Å². The second-order valence-electron chi connectivity index (χ2n) is 9.15. The zero-order valence-corrected chi connectivity index (χ0v) is 20.1. The molecule has 2 unspecified atom stereocenters. The molecule has 6 nitrogen and oxygen atoms in total. The highest BCUT2D eigenvalue weighted by molar-refractivity contribution is 7.13. The third kappa shape index (κ3) is 5.27. The average Bonchev–Trinajstić information content (AvgIpc) is 3.44. The van der Waals surface area contributed by atoms with E-state index in [1.54, 1.807) is 11.3 Å². The predicted octanol–water partition coefficient (Wildman–Crippen LogP) is 5.14. The molecule has 32 heavy (non-hydrogen) atoms. The van der Waals surface area contributed by atoms with Crippen molar-refractivity contribution in [1.82, 2.24) is 20.4 Å². The second-order valence-corrected chi connectivity index (χ2v) is 10.1. The molecule has 0 radical (unpaired) electrons. The molecule has 3 aromatic rings. The summed E-state index contributed by atoms with van der Waals surface area (Å²) in [5, 5.41) is 9.46. The van der Waals surface area contributed by atoms with E-state index in [1.807, 2.05) is 17.5 Å². The van der Waals surface area contributed by atoms with E-state index in [0.29, 0.717) is 30.7 Å². The molecule has 1 aromatic carbocycles. The maximum absolute atomic E-state index is 13.2. The summed E-state index contributed by atoms with van der Waals surface area (Å²) < 4.78 is 5.47. The van der Waals surface area contributed by atoms with Crippen molar-refractivity contribution in [3.8, 4) is 10.7 Å². The first-order chi connectivity index (χ1) is 15.4.